The number of aliphatic hydroxyl groups is 11. The fourth-order valence-electron chi connectivity index (χ4n) is 16.9. The van der Waals surface area contributed by atoms with Crippen molar-refractivity contribution in [1.29, 1.82) is 0 Å². The standard InChI is InChI=1S/C97H183NO18/c1-3-5-7-9-11-13-15-17-19-21-23-25-27-29-31-33-35-37-38-39-40-41-42-43-45-47-49-51-53-55-57-59-61-63-65-67-69-71-73-75-85(103)98-80(81(102)74-72-70-68-66-64-62-60-58-56-54-52-50-48-46-44-36-34-32-30-28-26-24-22-20-18-16-14-12-10-8-6-4-2)79-111-95-91(109)88(106)93(83(77-100)113-95)116-97-92(110)89(107)94(84(78-101)114-97)115-96-90(108)87(105)86(104)82(76-99)112-96/h56,58,64,66,72,74,80-84,86-97,99-102,104-110H,3-55,57,59-63,65,67-71,73,75-79H2,1-2H3,(H,98,103)/b58-56+,66-64+,74-72+. The van der Waals surface area contributed by atoms with E-state index in [0.717, 1.165) is 44.9 Å². The Hall–Kier alpha value is -1.99. The Morgan fingerprint density at radius 1 is 0.302 bits per heavy atom. The van der Waals surface area contributed by atoms with Crippen LogP contribution < -0.4 is 5.32 Å². The normalized spacial score (nSPS) is 24.6. The van der Waals surface area contributed by atoms with Gasteiger partial charge in [-0.25, -0.2) is 0 Å². The minimum atomic E-state index is -1.98. The van der Waals surface area contributed by atoms with Crippen LogP contribution in [0.25, 0.3) is 0 Å². The number of hydrogen-bond acceptors (Lipinski definition) is 18. The molecule has 0 aromatic heterocycles. The number of allylic oxidation sites excluding steroid dienone is 5. The van der Waals surface area contributed by atoms with E-state index in [9.17, 15) is 61.0 Å². The van der Waals surface area contributed by atoms with Gasteiger partial charge in [-0.3, -0.25) is 4.79 Å². The van der Waals surface area contributed by atoms with Crippen molar-refractivity contribution in [2.24, 2.45) is 0 Å². The largest absolute Gasteiger partial charge is 0.394 e. The van der Waals surface area contributed by atoms with Crippen molar-refractivity contribution in [3.8, 4) is 0 Å². The molecule has 0 aromatic carbocycles. The maximum atomic E-state index is 13.5. The Labute approximate surface area is 708 Å². The molecule has 0 bridgehead atoms. The highest BCUT2D eigenvalue weighted by atomic mass is 16.8. The van der Waals surface area contributed by atoms with Crippen LogP contribution >= 0.6 is 0 Å². The van der Waals surface area contributed by atoms with E-state index < -0.39 is 124 Å². The second kappa shape index (κ2) is 76.6. The first-order valence-electron chi connectivity index (χ1n) is 49.2. The van der Waals surface area contributed by atoms with Crippen LogP contribution in [-0.2, 0) is 33.2 Å². The van der Waals surface area contributed by atoms with E-state index in [1.165, 1.54) is 366 Å². The van der Waals surface area contributed by atoms with Gasteiger partial charge in [-0.15, -0.1) is 0 Å². The predicted molar refractivity (Wildman–Crippen MR) is 471 cm³/mol. The maximum absolute atomic E-state index is 13.5. The lowest BCUT2D eigenvalue weighted by Crippen LogP contribution is -2.66. The molecule has 19 nitrogen and oxygen atoms in total. The van der Waals surface area contributed by atoms with E-state index in [0.29, 0.717) is 12.8 Å². The molecule has 0 aromatic rings. The summed E-state index contributed by atoms with van der Waals surface area (Å²) >= 11 is 0. The Kier molecular flexibility index (Phi) is 71.5. The third-order valence-electron chi connectivity index (χ3n) is 24.7. The zero-order valence-corrected chi connectivity index (χ0v) is 74.3. The number of hydrogen-bond donors (Lipinski definition) is 12. The summed E-state index contributed by atoms with van der Waals surface area (Å²) in [7, 11) is 0. The molecule has 3 fully saturated rings. The van der Waals surface area contributed by atoms with Gasteiger partial charge in [0, 0.05) is 6.42 Å². The Morgan fingerprint density at radius 2 is 0.552 bits per heavy atom. The molecule has 3 rings (SSSR count). The average molecular weight is 1650 g/mol. The number of carbonyl (C=O) groups is 1. The molecule has 0 radical (unpaired) electrons. The number of carbonyl (C=O) groups excluding carboxylic acids is 1. The second-order valence-corrected chi connectivity index (χ2v) is 35.2. The van der Waals surface area contributed by atoms with Gasteiger partial charge < -0.3 is 89.9 Å². The van der Waals surface area contributed by atoms with E-state index in [1.807, 2.05) is 6.08 Å². The molecule has 17 unspecified atom stereocenters. The highest BCUT2D eigenvalue weighted by molar-refractivity contribution is 5.76. The Bertz CT molecular complexity index is 2230. The molecule has 17 atom stereocenters. The number of unbranched alkanes of at least 4 members (excludes halogenated alkanes) is 62. The molecule has 0 aliphatic carbocycles. The van der Waals surface area contributed by atoms with Gasteiger partial charge in [0.25, 0.3) is 0 Å². The van der Waals surface area contributed by atoms with E-state index in [4.69, 9.17) is 28.4 Å². The fourth-order valence-corrected chi connectivity index (χ4v) is 16.9. The summed E-state index contributed by atoms with van der Waals surface area (Å²) in [5.41, 5.74) is 0. The van der Waals surface area contributed by atoms with Crippen LogP contribution in [0.3, 0.4) is 0 Å². The quantitative estimate of drug-likeness (QED) is 0.0199. The van der Waals surface area contributed by atoms with Crippen LogP contribution in [0.2, 0.25) is 0 Å². The first-order valence-corrected chi connectivity index (χ1v) is 49.2. The minimum absolute atomic E-state index is 0.237. The van der Waals surface area contributed by atoms with Crippen LogP contribution in [0.1, 0.15) is 444 Å². The van der Waals surface area contributed by atoms with Gasteiger partial charge in [-0.1, -0.05) is 429 Å². The highest BCUT2D eigenvalue weighted by Crippen LogP contribution is 2.34. The average Bonchev–Trinajstić information content (AvgIpc) is 0.779. The highest BCUT2D eigenvalue weighted by Gasteiger charge is 2.54. The van der Waals surface area contributed by atoms with Crippen LogP contribution in [0.15, 0.2) is 36.5 Å². The first-order chi connectivity index (χ1) is 56.8. The lowest BCUT2D eigenvalue weighted by atomic mass is 9.96. The van der Waals surface area contributed by atoms with Crippen molar-refractivity contribution < 1.29 is 89.4 Å². The van der Waals surface area contributed by atoms with Crippen molar-refractivity contribution in [1.82, 2.24) is 5.32 Å². The molecular formula is C97H183NO18. The van der Waals surface area contributed by atoms with Crippen molar-refractivity contribution >= 4 is 5.91 Å². The number of aliphatic hydroxyl groups excluding tert-OH is 11. The maximum Gasteiger partial charge on any atom is 0.220 e. The summed E-state index contributed by atoms with van der Waals surface area (Å²) in [4.78, 5) is 13.5. The van der Waals surface area contributed by atoms with Crippen molar-refractivity contribution in [3.63, 3.8) is 0 Å². The third kappa shape index (κ3) is 53.9. The monoisotopic (exact) mass is 1650 g/mol. The summed E-state index contributed by atoms with van der Waals surface area (Å²) < 4.78 is 34.5. The Balaban J connectivity index is 1.30. The van der Waals surface area contributed by atoms with Gasteiger partial charge in [0.05, 0.1) is 38.6 Å². The Morgan fingerprint density at radius 3 is 0.862 bits per heavy atom. The molecule has 19 heteroatoms. The summed E-state index contributed by atoms with van der Waals surface area (Å²) in [5.74, 6) is -0.280. The molecule has 12 N–H and O–H groups in total. The van der Waals surface area contributed by atoms with E-state index >= 15 is 0 Å². The van der Waals surface area contributed by atoms with E-state index in [2.05, 4.69) is 43.5 Å². The second-order valence-electron chi connectivity index (χ2n) is 35.2. The molecule has 3 aliphatic rings. The molecule has 0 spiro atoms. The number of amides is 1. The summed E-state index contributed by atoms with van der Waals surface area (Å²) in [6, 6.07) is -0.998. The van der Waals surface area contributed by atoms with Gasteiger partial charge in [-0.2, -0.15) is 0 Å². The zero-order valence-electron chi connectivity index (χ0n) is 74.3. The molecule has 3 heterocycles. The van der Waals surface area contributed by atoms with Crippen LogP contribution in [-0.4, -0.2) is 193 Å². The molecular weight excluding hydrogens is 1470 g/mol. The van der Waals surface area contributed by atoms with Gasteiger partial charge in [0.1, 0.15) is 73.2 Å². The van der Waals surface area contributed by atoms with Crippen molar-refractivity contribution in [2.75, 3.05) is 26.4 Å². The fraction of sp³-hybridized carbons (Fsp3) is 0.928. The number of rotatable bonds is 82. The number of nitrogens with one attached hydrogen (secondary N) is 1. The molecule has 116 heavy (non-hydrogen) atoms. The van der Waals surface area contributed by atoms with Crippen LogP contribution in [0.4, 0.5) is 0 Å². The van der Waals surface area contributed by atoms with Crippen LogP contribution in [0.5, 0.6) is 0 Å². The van der Waals surface area contributed by atoms with Gasteiger partial charge in [0.15, 0.2) is 18.9 Å². The van der Waals surface area contributed by atoms with Gasteiger partial charge in [0.2, 0.25) is 5.91 Å². The molecule has 0 saturated carbocycles. The molecule has 3 aliphatic heterocycles. The summed E-state index contributed by atoms with van der Waals surface area (Å²) in [6.45, 7) is 1.79. The molecule has 3 saturated heterocycles. The SMILES string of the molecule is CCCCCCCCCCCCCCCCCCCCCCCC/C=C/CC/C=C/CC/C=C/C(O)C(COC1OC(CO)C(OC2OC(CO)C(OC3OC(CO)C(O)C(O)C3O)C(O)C2O)C(O)C1O)NC(=O)CCCCCCCCCCCCCCCCCCCCCCCCCCCCCCCCCCCCCCCCC. The first kappa shape index (κ1) is 108. The smallest absolute Gasteiger partial charge is 0.220 e. The van der Waals surface area contributed by atoms with Gasteiger partial charge >= 0.3 is 0 Å². The summed E-state index contributed by atoms with van der Waals surface area (Å²) in [5, 5.41) is 121. The lowest BCUT2D eigenvalue weighted by molar-refractivity contribution is -0.379. The number of ether oxygens (including phenoxy) is 6. The van der Waals surface area contributed by atoms with Crippen molar-refractivity contribution in [2.45, 2.75) is 548 Å². The topological polar surface area (TPSA) is 307 Å². The minimum Gasteiger partial charge on any atom is -0.394 e. The van der Waals surface area contributed by atoms with E-state index in [1.54, 1.807) is 6.08 Å². The molecule has 684 valence electrons. The summed E-state index contributed by atoms with van der Waals surface area (Å²) in [6.07, 6.45) is 73.5. The molecule has 1 amide bonds. The van der Waals surface area contributed by atoms with Gasteiger partial charge in [-0.05, 0) is 44.9 Å². The van der Waals surface area contributed by atoms with Crippen LogP contribution in [0, 0.1) is 0 Å². The lowest BCUT2D eigenvalue weighted by Gasteiger charge is -2.48. The third-order valence-corrected chi connectivity index (χ3v) is 24.7. The zero-order chi connectivity index (χ0) is 83.8. The van der Waals surface area contributed by atoms with E-state index in [-0.39, 0.29) is 18.9 Å². The van der Waals surface area contributed by atoms with Crippen molar-refractivity contribution in [3.05, 3.63) is 36.5 Å². The predicted octanol–water partition coefficient (Wildman–Crippen LogP) is 20.1.